The van der Waals surface area contributed by atoms with Crippen molar-refractivity contribution >= 4 is 55.8 Å². The number of barbiturate groups is 1. The highest BCUT2D eigenvalue weighted by Crippen LogP contribution is 2.31. The average Bonchev–Trinajstić information content (AvgIpc) is 2.73. The molecule has 0 radical (unpaired) electrons. The quantitative estimate of drug-likeness (QED) is 0.421. The average molecular weight is 538 g/mol. The molecule has 156 valence electrons. The molecule has 0 saturated carbocycles. The molecule has 0 spiro atoms. The highest BCUT2D eigenvalue weighted by Gasteiger charge is 2.37. The van der Waals surface area contributed by atoms with Crippen molar-refractivity contribution in [2.24, 2.45) is 0 Å². The third kappa shape index (κ3) is 4.41. The van der Waals surface area contributed by atoms with Crippen LogP contribution in [0.25, 0.3) is 6.08 Å². The fraction of sp³-hybridized carbons (Fsp3) is 0.190. The van der Waals surface area contributed by atoms with Gasteiger partial charge in [0.2, 0.25) is 0 Å². The lowest BCUT2D eigenvalue weighted by Gasteiger charge is -2.28. The van der Waals surface area contributed by atoms with E-state index in [9.17, 15) is 14.4 Å². The number of halogens is 2. The van der Waals surface area contributed by atoms with Gasteiger partial charge in [-0.1, -0.05) is 44.0 Å². The van der Waals surface area contributed by atoms with E-state index in [-0.39, 0.29) is 5.57 Å². The van der Waals surface area contributed by atoms with Crippen LogP contribution in [0, 0.1) is 0 Å². The van der Waals surface area contributed by atoms with E-state index in [1.54, 1.807) is 18.2 Å². The van der Waals surface area contributed by atoms with Gasteiger partial charge in [0.05, 0.1) is 7.11 Å². The summed E-state index contributed by atoms with van der Waals surface area (Å²) in [5, 5.41) is 0. The van der Waals surface area contributed by atoms with Crippen LogP contribution in [-0.4, -0.2) is 48.9 Å². The van der Waals surface area contributed by atoms with Gasteiger partial charge >= 0.3 is 6.03 Å². The topological polar surface area (TPSA) is 76.2 Å². The smallest absolute Gasteiger partial charge is 0.333 e. The van der Waals surface area contributed by atoms with Crippen molar-refractivity contribution in [1.82, 2.24) is 9.80 Å². The minimum absolute atomic E-state index is 0.103. The summed E-state index contributed by atoms with van der Waals surface area (Å²) in [6, 6.07) is 10.2. The predicted molar refractivity (Wildman–Crippen MR) is 118 cm³/mol. The summed E-state index contributed by atoms with van der Waals surface area (Å²) in [5.41, 5.74) is 1.42. The van der Waals surface area contributed by atoms with Crippen LogP contribution in [0.3, 0.4) is 0 Å². The number of benzene rings is 2. The maximum Gasteiger partial charge on any atom is 0.333 e. The number of carbonyl (C=O) groups is 3. The number of nitrogens with zero attached hydrogens (tertiary/aromatic N) is 2. The molecule has 2 aromatic carbocycles. The first-order chi connectivity index (χ1) is 14.2. The number of ether oxygens (including phenoxy) is 2. The number of likely N-dealkylation sites (N-methyl/N-ethyl adjacent to an activating group) is 2. The first kappa shape index (κ1) is 22.0. The molecular formula is C21H18Br2N2O5. The van der Waals surface area contributed by atoms with Gasteiger partial charge in [0.25, 0.3) is 11.8 Å². The van der Waals surface area contributed by atoms with Crippen LogP contribution in [-0.2, 0) is 16.2 Å². The van der Waals surface area contributed by atoms with E-state index in [2.05, 4.69) is 31.9 Å². The Kier molecular flexibility index (Phi) is 6.62. The summed E-state index contributed by atoms with van der Waals surface area (Å²) in [5.74, 6) is -0.337. The van der Waals surface area contributed by atoms with Crippen molar-refractivity contribution in [2.75, 3.05) is 21.2 Å². The van der Waals surface area contributed by atoms with Gasteiger partial charge in [0.15, 0.2) is 11.5 Å². The molecule has 0 bridgehead atoms. The monoisotopic (exact) mass is 536 g/mol. The van der Waals surface area contributed by atoms with Gasteiger partial charge in [-0.15, -0.1) is 0 Å². The second-order valence-corrected chi connectivity index (χ2v) is 8.27. The van der Waals surface area contributed by atoms with Gasteiger partial charge < -0.3 is 9.47 Å². The molecule has 0 atom stereocenters. The number of rotatable bonds is 5. The van der Waals surface area contributed by atoms with Crippen molar-refractivity contribution in [1.29, 1.82) is 0 Å². The summed E-state index contributed by atoms with van der Waals surface area (Å²) >= 11 is 6.92. The Morgan fingerprint density at radius 2 is 1.60 bits per heavy atom. The summed E-state index contributed by atoms with van der Waals surface area (Å²) < 4.78 is 13.2. The van der Waals surface area contributed by atoms with Crippen molar-refractivity contribution < 1.29 is 23.9 Å². The lowest BCUT2D eigenvalue weighted by Crippen LogP contribution is -2.52. The van der Waals surface area contributed by atoms with Crippen LogP contribution in [0.5, 0.6) is 11.5 Å². The van der Waals surface area contributed by atoms with E-state index in [0.29, 0.717) is 23.7 Å². The number of imide groups is 2. The number of hydrogen-bond donors (Lipinski definition) is 0. The molecule has 0 unspecified atom stereocenters. The number of hydrogen-bond acceptors (Lipinski definition) is 5. The van der Waals surface area contributed by atoms with Crippen LogP contribution in [0.2, 0.25) is 0 Å². The van der Waals surface area contributed by atoms with E-state index >= 15 is 0 Å². The number of amides is 4. The van der Waals surface area contributed by atoms with E-state index in [4.69, 9.17) is 9.47 Å². The van der Waals surface area contributed by atoms with Crippen LogP contribution >= 0.6 is 31.9 Å². The van der Waals surface area contributed by atoms with Gasteiger partial charge in [0.1, 0.15) is 12.2 Å². The Morgan fingerprint density at radius 1 is 0.933 bits per heavy atom. The van der Waals surface area contributed by atoms with Crippen molar-refractivity contribution in [2.45, 2.75) is 6.61 Å². The number of carbonyl (C=O) groups excluding carboxylic acids is 3. The summed E-state index contributed by atoms with van der Waals surface area (Å²) in [7, 11) is 4.17. The Balaban J connectivity index is 1.85. The molecule has 1 heterocycles. The highest BCUT2D eigenvalue weighted by atomic mass is 79.9. The first-order valence-electron chi connectivity index (χ1n) is 8.79. The molecule has 1 aliphatic heterocycles. The van der Waals surface area contributed by atoms with E-state index in [0.717, 1.165) is 24.3 Å². The molecular weight excluding hydrogens is 520 g/mol. The minimum Gasteiger partial charge on any atom is -0.493 e. The van der Waals surface area contributed by atoms with Crippen LogP contribution < -0.4 is 9.47 Å². The maximum atomic E-state index is 12.4. The largest absolute Gasteiger partial charge is 0.493 e. The molecule has 0 N–H and O–H groups in total. The zero-order chi connectivity index (χ0) is 22.0. The molecule has 30 heavy (non-hydrogen) atoms. The predicted octanol–water partition coefficient (Wildman–Crippen LogP) is 4.23. The van der Waals surface area contributed by atoms with Crippen molar-refractivity contribution in [3.63, 3.8) is 0 Å². The zero-order valence-corrected chi connectivity index (χ0v) is 19.6. The van der Waals surface area contributed by atoms with Gasteiger partial charge in [-0.05, 0) is 35.9 Å². The molecule has 1 aliphatic rings. The Bertz CT molecular complexity index is 1040. The van der Waals surface area contributed by atoms with Crippen LogP contribution in [0.4, 0.5) is 4.79 Å². The van der Waals surface area contributed by atoms with E-state index in [1.165, 1.54) is 27.3 Å². The zero-order valence-electron chi connectivity index (χ0n) is 16.4. The molecule has 0 aliphatic carbocycles. The highest BCUT2D eigenvalue weighted by molar-refractivity contribution is 9.11. The number of urea groups is 1. The normalized spacial score (nSPS) is 14.3. The second-order valence-electron chi connectivity index (χ2n) is 6.50. The third-order valence-electron chi connectivity index (χ3n) is 4.54. The molecule has 1 fully saturated rings. The van der Waals surface area contributed by atoms with Crippen LogP contribution in [0.1, 0.15) is 11.1 Å². The summed E-state index contributed by atoms with van der Waals surface area (Å²) in [6.07, 6.45) is 1.43. The van der Waals surface area contributed by atoms with Crippen molar-refractivity contribution in [3.05, 3.63) is 62.0 Å². The van der Waals surface area contributed by atoms with Gasteiger partial charge in [0, 0.05) is 28.6 Å². The Morgan fingerprint density at radius 3 is 2.20 bits per heavy atom. The van der Waals surface area contributed by atoms with Gasteiger partial charge in [-0.25, -0.2) is 4.79 Å². The molecule has 3 rings (SSSR count). The molecule has 7 nitrogen and oxygen atoms in total. The molecule has 0 aromatic heterocycles. The molecule has 2 aromatic rings. The molecule has 9 heteroatoms. The first-order valence-corrected chi connectivity index (χ1v) is 10.4. The van der Waals surface area contributed by atoms with Gasteiger partial charge in [-0.3, -0.25) is 19.4 Å². The standard InChI is InChI=1S/C21H18Br2N2O5/c1-24-19(26)15(20(27)25(2)21(24)28)8-12-4-7-17(18(9-12)29-3)30-11-13-5-6-14(22)10-16(13)23/h4-10H,11H2,1-3H3. The fourth-order valence-electron chi connectivity index (χ4n) is 2.83. The maximum absolute atomic E-state index is 12.4. The lowest BCUT2D eigenvalue weighted by atomic mass is 10.1. The Hall–Kier alpha value is -2.65. The third-order valence-corrected chi connectivity index (χ3v) is 5.77. The SMILES string of the molecule is COc1cc(C=C2C(=O)N(C)C(=O)N(C)C2=O)ccc1OCc1ccc(Br)cc1Br. The summed E-state index contributed by atoms with van der Waals surface area (Å²) in [6.45, 7) is 0.319. The van der Waals surface area contributed by atoms with E-state index < -0.39 is 17.8 Å². The van der Waals surface area contributed by atoms with E-state index in [1.807, 2.05) is 18.2 Å². The second kappa shape index (κ2) is 9.01. The fourth-order valence-corrected chi connectivity index (χ4v) is 3.99. The lowest BCUT2D eigenvalue weighted by molar-refractivity contribution is -0.134. The minimum atomic E-state index is -0.664. The number of methoxy groups -OCH3 is 1. The Labute approximate surface area is 190 Å². The van der Waals surface area contributed by atoms with Crippen LogP contribution in [0.15, 0.2) is 50.9 Å². The summed E-state index contributed by atoms with van der Waals surface area (Å²) in [4.78, 5) is 38.4. The van der Waals surface area contributed by atoms with Gasteiger partial charge in [-0.2, -0.15) is 0 Å². The molecule has 4 amide bonds. The molecule has 1 saturated heterocycles. The van der Waals surface area contributed by atoms with Crippen molar-refractivity contribution in [3.8, 4) is 11.5 Å².